The third kappa shape index (κ3) is 2.96. The minimum Gasteiger partial charge on any atom is -0.379 e. The van der Waals surface area contributed by atoms with Crippen molar-refractivity contribution in [3.8, 4) is 11.4 Å². The van der Waals surface area contributed by atoms with Crippen LogP contribution in [-0.4, -0.2) is 41.2 Å². The van der Waals surface area contributed by atoms with E-state index in [1.165, 1.54) is 12.8 Å². The summed E-state index contributed by atoms with van der Waals surface area (Å²) in [6, 6.07) is 8.22. The van der Waals surface area contributed by atoms with Crippen molar-refractivity contribution in [1.82, 2.24) is 14.8 Å². The number of halogens is 1. The number of ether oxygens (including phenoxy) is 2. The van der Waals surface area contributed by atoms with E-state index in [1.54, 1.807) is 14.2 Å². The number of methoxy groups -OCH3 is 2. The van der Waals surface area contributed by atoms with Crippen LogP contribution >= 0.6 is 11.6 Å². The Kier molecular flexibility index (Phi) is 4.33. The molecule has 0 N–H and O–H groups in total. The molecule has 24 heavy (non-hydrogen) atoms. The molecule has 5 nitrogen and oxygen atoms in total. The molecule has 1 heterocycles. The molecular formula is C18H22ClN3O2. The van der Waals surface area contributed by atoms with Crippen LogP contribution in [0.15, 0.2) is 24.3 Å². The molecule has 2 aromatic rings. The van der Waals surface area contributed by atoms with Gasteiger partial charge in [0, 0.05) is 30.7 Å². The summed E-state index contributed by atoms with van der Waals surface area (Å²) in [5, 5.41) is 5.50. The van der Waals surface area contributed by atoms with Crippen LogP contribution < -0.4 is 0 Å². The predicted octanol–water partition coefficient (Wildman–Crippen LogP) is 3.84. The SMILES string of the molecule is CO[C@@H]1CC(c2nc(-c3cccc(Cl)c3)nn2C2CC2)C[C@H]1OC. The first kappa shape index (κ1) is 16.1. The van der Waals surface area contributed by atoms with Gasteiger partial charge in [0.1, 0.15) is 5.82 Å². The number of hydrogen-bond acceptors (Lipinski definition) is 4. The van der Waals surface area contributed by atoms with E-state index in [9.17, 15) is 0 Å². The molecule has 2 aliphatic rings. The molecule has 6 heteroatoms. The van der Waals surface area contributed by atoms with Gasteiger partial charge >= 0.3 is 0 Å². The van der Waals surface area contributed by atoms with Crippen molar-refractivity contribution in [3.63, 3.8) is 0 Å². The Morgan fingerprint density at radius 2 is 1.83 bits per heavy atom. The number of benzene rings is 1. The minimum atomic E-state index is 0.124. The van der Waals surface area contributed by atoms with Gasteiger partial charge < -0.3 is 9.47 Å². The Balaban J connectivity index is 1.68. The molecule has 1 aromatic heterocycles. The largest absolute Gasteiger partial charge is 0.379 e. The minimum absolute atomic E-state index is 0.124. The summed E-state index contributed by atoms with van der Waals surface area (Å²) in [6.07, 6.45) is 4.46. The zero-order chi connectivity index (χ0) is 16.7. The summed E-state index contributed by atoms with van der Waals surface area (Å²) < 4.78 is 13.3. The number of rotatable bonds is 5. The van der Waals surface area contributed by atoms with Crippen molar-refractivity contribution in [1.29, 1.82) is 0 Å². The van der Waals surface area contributed by atoms with E-state index in [-0.39, 0.29) is 12.2 Å². The molecule has 0 amide bonds. The Morgan fingerprint density at radius 3 is 2.42 bits per heavy atom. The van der Waals surface area contributed by atoms with E-state index in [4.69, 9.17) is 31.2 Å². The highest BCUT2D eigenvalue weighted by atomic mass is 35.5. The Bertz CT molecular complexity index is 717. The monoisotopic (exact) mass is 347 g/mol. The summed E-state index contributed by atoms with van der Waals surface area (Å²) >= 11 is 6.12. The maximum atomic E-state index is 6.12. The predicted molar refractivity (Wildman–Crippen MR) is 92.3 cm³/mol. The van der Waals surface area contributed by atoms with E-state index < -0.39 is 0 Å². The lowest BCUT2D eigenvalue weighted by Gasteiger charge is -2.15. The molecule has 0 aliphatic heterocycles. The summed E-state index contributed by atoms with van der Waals surface area (Å²) in [5.74, 6) is 2.14. The summed E-state index contributed by atoms with van der Waals surface area (Å²) in [5.41, 5.74) is 0.965. The summed E-state index contributed by atoms with van der Waals surface area (Å²) in [7, 11) is 3.50. The molecule has 4 rings (SSSR count). The first-order valence-electron chi connectivity index (χ1n) is 8.47. The normalized spacial score (nSPS) is 24.6. The molecule has 128 valence electrons. The second kappa shape index (κ2) is 6.47. The molecule has 0 spiro atoms. The van der Waals surface area contributed by atoms with Gasteiger partial charge in [0.15, 0.2) is 5.82 Å². The fourth-order valence-electron chi connectivity index (χ4n) is 3.62. The number of hydrogen-bond donors (Lipinski definition) is 0. The molecule has 2 aliphatic carbocycles. The smallest absolute Gasteiger partial charge is 0.181 e. The highest BCUT2D eigenvalue weighted by Crippen LogP contribution is 2.42. The standard InChI is InChI=1S/C18H22ClN3O2/c1-23-15-9-12(10-16(15)24-2)18-20-17(21-22(18)14-6-7-14)11-4-3-5-13(19)8-11/h3-5,8,12,14-16H,6-7,9-10H2,1-2H3/t15-,16-/m1/s1. The lowest BCUT2D eigenvalue weighted by molar-refractivity contribution is -0.0157. The van der Waals surface area contributed by atoms with Gasteiger partial charge in [-0.1, -0.05) is 23.7 Å². The molecule has 0 unspecified atom stereocenters. The van der Waals surface area contributed by atoms with Crippen molar-refractivity contribution in [2.75, 3.05) is 14.2 Å². The molecule has 1 aromatic carbocycles. The zero-order valence-electron chi connectivity index (χ0n) is 14.0. The van der Waals surface area contributed by atoms with Gasteiger partial charge in [-0.05, 0) is 37.8 Å². The molecule has 2 atom stereocenters. The van der Waals surface area contributed by atoms with Crippen LogP contribution in [-0.2, 0) is 9.47 Å². The van der Waals surface area contributed by atoms with E-state index in [0.29, 0.717) is 17.0 Å². The van der Waals surface area contributed by atoms with Crippen LogP contribution in [0, 0.1) is 0 Å². The van der Waals surface area contributed by atoms with E-state index in [1.807, 2.05) is 24.3 Å². The molecule has 2 fully saturated rings. The first-order chi connectivity index (χ1) is 11.7. The van der Waals surface area contributed by atoms with Crippen LogP contribution in [0.5, 0.6) is 0 Å². The average molecular weight is 348 g/mol. The van der Waals surface area contributed by atoms with Gasteiger partial charge in [0.25, 0.3) is 0 Å². The summed E-state index contributed by atoms with van der Waals surface area (Å²) in [4.78, 5) is 4.88. The van der Waals surface area contributed by atoms with Gasteiger partial charge in [0.2, 0.25) is 0 Å². The maximum absolute atomic E-state index is 6.12. The van der Waals surface area contributed by atoms with E-state index in [0.717, 1.165) is 30.1 Å². The second-order valence-corrected chi connectivity index (χ2v) is 7.13. The molecular weight excluding hydrogens is 326 g/mol. The third-order valence-corrected chi connectivity index (χ3v) is 5.29. The van der Waals surface area contributed by atoms with Crippen LogP contribution in [0.25, 0.3) is 11.4 Å². The number of aromatic nitrogens is 3. The van der Waals surface area contributed by atoms with Gasteiger partial charge in [-0.25, -0.2) is 9.67 Å². The lowest BCUT2D eigenvalue weighted by Crippen LogP contribution is -2.23. The summed E-state index contributed by atoms with van der Waals surface area (Å²) in [6.45, 7) is 0. The molecule has 2 saturated carbocycles. The second-order valence-electron chi connectivity index (χ2n) is 6.70. The quantitative estimate of drug-likeness (QED) is 0.824. The average Bonchev–Trinajstić information content (AvgIpc) is 3.20. The lowest BCUT2D eigenvalue weighted by atomic mass is 10.1. The molecule has 0 saturated heterocycles. The van der Waals surface area contributed by atoms with Gasteiger partial charge in [-0.15, -0.1) is 0 Å². The Morgan fingerprint density at radius 1 is 1.12 bits per heavy atom. The van der Waals surface area contributed by atoms with Crippen molar-refractivity contribution in [2.24, 2.45) is 0 Å². The van der Waals surface area contributed by atoms with Crippen molar-refractivity contribution in [3.05, 3.63) is 35.1 Å². The van der Waals surface area contributed by atoms with E-state index in [2.05, 4.69) is 4.68 Å². The first-order valence-corrected chi connectivity index (χ1v) is 8.85. The van der Waals surface area contributed by atoms with Gasteiger partial charge in [0.05, 0.1) is 18.2 Å². The van der Waals surface area contributed by atoms with Gasteiger partial charge in [-0.2, -0.15) is 5.10 Å². The third-order valence-electron chi connectivity index (χ3n) is 5.05. The van der Waals surface area contributed by atoms with Crippen molar-refractivity contribution in [2.45, 2.75) is 49.9 Å². The van der Waals surface area contributed by atoms with Crippen LogP contribution in [0.2, 0.25) is 5.02 Å². The van der Waals surface area contributed by atoms with Gasteiger partial charge in [-0.3, -0.25) is 0 Å². The number of nitrogens with zero attached hydrogens (tertiary/aromatic N) is 3. The van der Waals surface area contributed by atoms with E-state index >= 15 is 0 Å². The van der Waals surface area contributed by atoms with Crippen LogP contribution in [0.4, 0.5) is 0 Å². The Labute approximate surface area is 146 Å². The fourth-order valence-corrected chi connectivity index (χ4v) is 3.81. The fraction of sp³-hybridized carbons (Fsp3) is 0.556. The van der Waals surface area contributed by atoms with Crippen molar-refractivity contribution < 1.29 is 9.47 Å². The van der Waals surface area contributed by atoms with Crippen molar-refractivity contribution >= 4 is 11.6 Å². The molecule has 0 bridgehead atoms. The molecule has 0 radical (unpaired) electrons. The topological polar surface area (TPSA) is 49.2 Å². The van der Waals surface area contributed by atoms with Crippen LogP contribution in [0.1, 0.15) is 43.5 Å². The van der Waals surface area contributed by atoms with Crippen LogP contribution in [0.3, 0.4) is 0 Å². The zero-order valence-corrected chi connectivity index (χ0v) is 14.7. The Hall–Kier alpha value is -1.43. The highest BCUT2D eigenvalue weighted by Gasteiger charge is 2.40. The maximum Gasteiger partial charge on any atom is 0.181 e. The highest BCUT2D eigenvalue weighted by molar-refractivity contribution is 6.30.